The predicted octanol–water partition coefficient (Wildman–Crippen LogP) is 2.22. The van der Waals surface area contributed by atoms with E-state index in [4.69, 9.17) is 10.5 Å². The van der Waals surface area contributed by atoms with Crippen molar-refractivity contribution in [3.63, 3.8) is 0 Å². The van der Waals surface area contributed by atoms with Crippen LogP contribution in [0.15, 0.2) is 0 Å². The standard InChI is InChI=1S/C15H30N2O2/c1-13(2)12-19-10-6-9-17-14(18)11-15(16)7-4-3-5-8-15/h13H,3-12,16H2,1-2H3,(H,17,18). The van der Waals surface area contributed by atoms with Gasteiger partial charge in [0.05, 0.1) is 0 Å². The first-order valence-corrected chi connectivity index (χ1v) is 7.65. The van der Waals surface area contributed by atoms with Gasteiger partial charge in [0.25, 0.3) is 0 Å². The van der Waals surface area contributed by atoms with Gasteiger partial charge in [0, 0.05) is 31.7 Å². The fourth-order valence-electron chi connectivity index (χ4n) is 2.54. The van der Waals surface area contributed by atoms with Crippen molar-refractivity contribution in [3.05, 3.63) is 0 Å². The normalized spacial score (nSPS) is 18.5. The largest absolute Gasteiger partial charge is 0.381 e. The van der Waals surface area contributed by atoms with E-state index in [-0.39, 0.29) is 11.4 Å². The first kappa shape index (κ1) is 16.4. The molecule has 1 fully saturated rings. The van der Waals surface area contributed by atoms with E-state index in [0.29, 0.717) is 25.5 Å². The number of amides is 1. The number of rotatable bonds is 8. The van der Waals surface area contributed by atoms with E-state index in [1.165, 1.54) is 6.42 Å². The molecule has 0 heterocycles. The summed E-state index contributed by atoms with van der Waals surface area (Å²) in [4.78, 5) is 11.8. The molecular weight excluding hydrogens is 240 g/mol. The van der Waals surface area contributed by atoms with Gasteiger partial charge in [-0.1, -0.05) is 33.1 Å². The number of hydrogen-bond donors (Lipinski definition) is 2. The Labute approximate surface area is 117 Å². The van der Waals surface area contributed by atoms with Crippen molar-refractivity contribution in [1.29, 1.82) is 0 Å². The van der Waals surface area contributed by atoms with Crippen LogP contribution in [0.5, 0.6) is 0 Å². The summed E-state index contributed by atoms with van der Waals surface area (Å²) in [6.07, 6.45) is 6.89. The van der Waals surface area contributed by atoms with Gasteiger partial charge in [-0.2, -0.15) is 0 Å². The summed E-state index contributed by atoms with van der Waals surface area (Å²) in [6.45, 7) is 6.46. The molecule has 0 aromatic carbocycles. The van der Waals surface area contributed by atoms with Crippen LogP contribution >= 0.6 is 0 Å². The fraction of sp³-hybridized carbons (Fsp3) is 0.933. The van der Waals surface area contributed by atoms with Crippen molar-refractivity contribution in [2.75, 3.05) is 19.8 Å². The molecule has 1 aliphatic rings. The molecule has 0 saturated heterocycles. The Morgan fingerprint density at radius 1 is 1.32 bits per heavy atom. The van der Waals surface area contributed by atoms with Crippen molar-refractivity contribution in [2.45, 2.75) is 64.3 Å². The number of carbonyl (C=O) groups is 1. The topological polar surface area (TPSA) is 64.3 Å². The first-order valence-electron chi connectivity index (χ1n) is 7.65. The second-order valence-corrected chi connectivity index (χ2v) is 6.27. The Bertz CT molecular complexity index is 261. The average molecular weight is 270 g/mol. The SMILES string of the molecule is CC(C)COCCCNC(=O)CC1(N)CCCCC1. The second kappa shape index (κ2) is 8.54. The van der Waals surface area contributed by atoms with Gasteiger partial charge in [0.15, 0.2) is 0 Å². The highest BCUT2D eigenvalue weighted by Gasteiger charge is 2.29. The smallest absolute Gasteiger partial charge is 0.221 e. The Hall–Kier alpha value is -0.610. The predicted molar refractivity (Wildman–Crippen MR) is 77.9 cm³/mol. The van der Waals surface area contributed by atoms with E-state index in [1.54, 1.807) is 0 Å². The van der Waals surface area contributed by atoms with Gasteiger partial charge in [0.1, 0.15) is 0 Å². The van der Waals surface area contributed by atoms with E-state index >= 15 is 0 Å². The van der Waals surface area contributed by atoms with E-state index in [0.717, 1.165) is 38.7 Å². The molecule has 112 valence electrons. The van der Waals surface area contributed by atoms with Crippen LogP contribution in [0.2, 0.25) is 0 Å². The maximum atomic E-state index is 11.8. The summed E-state index contributed by atoms with van der Waals surface area (Å²) in [5, 5.41) is 2.94. The van der Waals surface area contributed by atoms with Crippen molar-refractivity contribution in [2.24, 2.45) is 11.7 Å². The third-order valence-electron chi connectivity index (χ3n) is 3.60. The van der Waals surface area contributed by atoms with Crippen LogP contribution in [0.3, 0.4) is 0 Å². The monoisotopic (exact) mass is 270 g/mol. The number of nitrogens with two attached hydrogens (primary N) is 1. The average Bonchev–Trinajstić information content (AvgIpc) is 2.33. The van der Waals surface area contributed by atoms with Crippen LogP contribution in [0, 0.1) is 5.92 Å². The van der Waals surface area contributed by atoms with Crippen molar-refractivity contribution in [3.8, 4) is 0 Å². The zero-order valence-electron chi connectivity index (χ0n) is 12.5. The molecule has 1 rings (SSSR count). The number of ether oxygens (including phenoxy) is 1. The lowest BCUT2D eigenvalue weighted by molar-refractivity contribution is -0.122. The van der Waals surface area contributed by atoms with Gasteiger partial charge in [-0.05, 0) is 25.2 Å². The molecule has 4 heteroatoms. The van der Waals surface area contributed by atoms with Gasteiger partial charge in [-0.25, -0.2) is 0 Å². The van der Waals surface area contributed by atoms with Crippen LogP contribution in [0.4, 0.5) is 0 Å². The zero-order valence-corrected chi connectivity index (χ0v) is 12.5. The highest BCUT2D eigenvalue weighted by molar-refractivity contribution is 5.77. The van der Waals surface area contributed by atoms with Crippen LogP contribution in [0.1, 0.15) is 58.8 Å². The van der Waals surface area contributed by atoms with Gasteiger partial charge < -0.3 is 15.8 Å². The molecule has 3 N–H and O–H groups in total. The Morgan fingerprint density at radius 2 is 2.00 bits per heavy atom. The number of nitrogens with one attached hydrogen (secondary N) is 1. The molecule has 4 nitrogen and oxygen atoms in total. The third-order valence-corrected chi connectivity index (χ3v) is 3.60. The van der Waals surface area contributed by atoms with Crippen LogP contribution in [0.25, 0.3) is 0 Å². The summed E-state index contributed by atoms with van der Waals surface area (Å²) >= 11 is 0. The van der Waals surface area contributed by atoms with Crippen molar-refractivity contribution >= 4 is 5.91 Å². The van der Waals surface area contributed by atoms with E-state index in [9.17, 15) is 4.79 Å². The molecular formula is C15H30N2O2. The van der Waals surface area contributed by atoms with Crippen LogP contribution in [-0.4, -0.2) is 31.2 Å². The van der Waals surface area contributed by atoms with E-state index in [2.05, 4.69) is 19.2 Å². The molecule has 1 aliphatic carbocycles. The molecule has 0 bridgehead atoms. The minimum atomic E-state index is -0.253. The zero-order chi connectivity index (χ0) is 14.1. The minimum Gasteiger partial charge on any atom is -0.381 e. The summed E-state index contributed by atoms with van der Waals surface area (Å²) in [5.74, 6) is 0.659. The van der Waals surface area contributed by atoms with Gasteiger partial charge in [0.2, 0.25) is 5.91 Å². The van der Waals surface area contributed by atoms with Gasteiger partial charge in [-0.3, -0.25) is 4.79 Å². The minimum absolute atomic E-state index is 0.0910. The van der Waals surface area contributed by atoms with Crippen LogP contribution < -0.4 is 11.1 Å². The van der Waals surface area contributed by atoms with E-state index in [1.807, 2.05) is 0 Å². The molecule has 1 amide bonds. The molecule has 0 spiro atoms. The third kappa shape index (κ3) is 7.53. The Morgan fingerprint density at radius 3 is 2.63 bits per heavy atom. The molecule has 0 aliphatic heterocycles. The fourth-order valence-corrected chi connectivity index (χ4v) is 2.54. The lowest BCUT2D eigenvalue weighted by Gasteiger charge is -2.32. The maximum Gasteiger partial charge on any atom is 0.221 e. The molecule has 19 heavy (non-hydrogen) atoms. The maximum absolute atomic E-state index is 11.8. The number of carbonyl (C=O) groups excluding carboxylic acids is 1. The van der Waals surface area contributed by atoms with Gasteiger partial charge >= 0.3 is 0 Å². The summed E-state index contributed by atoms with van der Waals surface area (Å²) in [6, 6.07) is 0. The highest BCUT2D eigenvalue weighted by atomic mass is 16.5. The Balaban J connectivity index is 2.04. The second-order valence-electron chi connectivity index (χ2n) is 6.27. The lowest BCUT2D eigenvalue weighted by Crippen LogP contribution is -2.46. The summed E-state index contributed by atoms with van der Waals surface area (Å²) < 4.78 is 5.47. The molecule has 0 unspecified atom stereocenters. The molecule has 0 atom stereocenters. The van der Waals surface area contributed by atoms with Crippen molar-refractivity contribution in [1.82, 2.24) is 5.32 Å². The molecule has 0 radical (unpaired) electrons. The van der Waals surface area contributed by atoms with Crippen molar-refractivity contribution < 1.29 is 9.53 Å². The lowest BCUT2D eigenvalue weighted by atomic mass is 9.80. The quantitative estimate of drug-likeness (QED) is 0.665. The van der Waals surface area contributed by atoms with Gasteiger partial charge in [-0.15, -0.1) is 0 Å². The van der Waals surface area contributed by atoms with E-state index < -0.39 is 0 Å². The molecule has 0 aromatic rings. The highest BCUT2D eigenvalue weighted by Crippen LogP contribution is 2.28. The van der Waals surface area contributed by atoms with Crippen LogP contribution in [-0.2, 0) is 9.53 Å². The Kier molecular flexibility index (Phi) is 7.39. The number of hydrogen-bond acceptors (Lipinski definition) is 3. The first-order chi connectivity index (χ1) is 9.02. The molecule has 1 saturated carbocycles. The summed E-state index contributed by atoms with van der Waals surface area (Å²) in [7, 11) is 0. The summed E-state index contributed by atoms with van der Waals surface area (Å²) in [5.41, 5.74) is 6.01. The molecule has 0 aromatic heterocycles.